The Balaban J connectivity index is 0.000000459. The number of aromatic nitrogens is 4. The molecule has 0 atom stereocenters. The van der Waals surface area contributed by atoms with Crippen molar-refractivity contribution >= 4 is 22.0 Å². The molecule has 12 nitrogen and oxygen atoms in total. The average molecular weight is 562 g/mol. The number of pyridine rings is 1. The van der Waals surface area contributed by atoms with Gasteiger partial charge < -0.3 is 19.9 Å². The van der Waals surface area contributed by atoms with Crippen LogP contribution in [0.2, 0.25) is 0 Å². The largest absolute Gasteiger partial charge is 0.478 e. The SMILES string of the molecule is CNCc1cn(S(=O)(=O)c2cccc(-c3nnc(C)o3)c2)c(-c2cccnc2F)c1F.O=C(O)C=CC(=O)O. The molecular weight excluding hydrogens is 540 g/mol. The van der Waals surface area contributed by atoms with Crippen LogP contribution in [0.5, 0.6) is 0 Å². The number of carbonyl (C=O) groups is 2. The second-order valence-electron chi connectivity index (χ2n) is 7.65. The second kappa shape index (κ2) is 12.2. The van der Waals surface area contributed by atoms with Crippen molar-refractivity contribution in [1.29, 1.82) is 0 Å². The van der Waals surface area contributed by atoms with E-state index in [1.807, 2.05) is 0 Å². The van der Waals surface area contributed by atoms with E-state index in [-0.39, 0.29) is 28.5 Å². The summed E-state index contributed by atoms with van der Waals surface area (Å²) >= 11 is 0. The van der Waals surface area contributed by atoms with Gasteiger partial charge in [0.05, 0.1) is 10.5 Å². The fraction of sp³-hybridized carbons (Fsp3) is 0.125. The number of benzene rings is 1. The van der Waals surface area contributed by atoms with Crippen LogP contribution in [0.1, 0.15) is 11.5 Å². The molecule has 0 aliphatic heterocycles. The molecule has 0 aliphatic rings. The van der Waals surface area contributed by atoms with Crippen LogP contribution in [0.4, 0.5) is 8.78 Å². The average Bonchev–Trinajstić information content (AvgIpc) is 3.47. The molecule has 204 valence electrons. The molecule has 3 heterocycles. The highest BCUT2D eigenvalue weighted by Gasteiger charge is 2.28. The number of halogens is 2. The molecule has 0 fully saturated rings. The lowest BCUT2D eigenvalue weighted by Crippen LogP contribution is -2.14. The molecule has 0 radical (unpaired) electrons. The molecule has 0 aliphatic carbocycles. The Morgan fingerprint density at radius 2 is 1.79 bits per heavy atom. The number of rotatable bonds is 8. The van der Waals surface area contributed by atoms with Crippen molar-refractivity contribution in [2.75, 3.05) is 7.05 Å². The molecule has 3 N–H and O–H groups in total. The topological polar surface area (TPSA) is 178 Å². The Bertz CT molecular complexity index is 1630. The summed E-state index contributed by atoms with van der Waals surface area (Å²) in [4.78, 5) is 22.5. The van der Waals surface area contributed by atoms with E-state index in [4.69, 9.17) is 14.6 Å². The summed E-state index contributed by atoms with van der Waals surface area (Å²) in [7, 11) is -2.72. The first-order valence-electron chi connectivity index (χ1n) is 10.9. The number of nitrogens with one attached hydrogen (secondary N) is 1. The molecule has 15 heteroatoms. The van der Waals surface area contributed by atoms with Crippen LogP contribution in [0, 0.1) is 18.7 Å². The Kier molecular flexibility index (Phi) is 9.00. The zero-order chi connectivity index (χ0) is 28.7. The van der Waals surface area contributed by atoms with Gasteiger partial charge in [0.15, 0.2) is 5.82 Å². The van der Waals surface area contributed by atoms with Gasteiger partial charge in [0.1, 0.15) is 5.69 Å². The fourth-order valence-electron chi connectivity index (χ4n) is 3.27. The smallest absolute Gasteiger partial charge is 0.328 e. The van der Waals surface area contributed by atoms with Crippen molar-refractivity contribution in [3.8, 4) is 22.7 Å². The summed E-state index contributed by atoms with van der Waals surface area (Å²) in [6.45, 7) is 1.66. The van der Waals surface area contributed by atoms with Gasteiger partial charge in [-0.05, 0) is 37.4 Å². The van der Waals surface area contributed by atoms with E-state index < -0.39 is 39.4 Å². The van der Waals surface area contributed by atoms with Crippen molar-refractivity contribution in [3.05, 3.63) is 84.2 Å². The Hall–Kier alpha value is -4.76. The molecule has 3 aromatic heterocycles. The molecule has 0 amide bonds. The number of hydrogen-bond acceptors (Lipinski definition) is 9. The highest BCUT2D eigenvalue weighted by atomic mass is 32.2. The Labute approximate surface area is 220 Å². The second-order valence-corrected chi connectivity index (χ2v) is 9.47. The van der Waals surface area contributed by atoms with E-state index in [0.29, 0.717) is 23.6 Å². The quantitative estimate of drug-likeness (QED) is 0.213. The first kappa shape index (κ1) is 28.8. The number of aliphatic carboxylic acids is 2. The highest BCUT2D eigenvalue weighted by Crippen LogP contribution is 2.32. The van der Waals surface area contributed by atoms with Crippen LogP contribution in [0.3, 0.4) is 0 Å². The van der Waals surface area contributed by atoms with Gasteiger partial charge in [0.25, 0.3) is 10.0 Å². The molecule has 0 bridgehead atoms. The van der Waals surface area contributed by atoms with Gasteiger partial charge in [-0.1, -0.05) is 6.07 Å². The van der Waals surface area contributed by atoms with E-state index in [1.165, 1.54) is 36.5 Å². The number of hydrogen-bond donors (Lipinski definition) is 3. The lowest BCUT2D eigenvalue weighted by Gasteiger charge is -2.11. The zero-order valence-electron chi connectivity index (χ0n) is 20.4. The summed E-state index contributed by atoms with van der Waals surface area (Å²) in [6.07, 6.45) is 3.44. The fourth-order valence-corrected chi connectivity index (χ4v) is 4.71. The standard InChI is InChI=1S/C20H17F2N5O3S.C4H4O4/c1-12-25-26-20(30-12)13-5-3-6-15(9-13)31(28,29)27-11-14(10-23-2)17(21)18(27)16-7-4-8-24-19(16)22;5-3(6)1-2-4(7)8/h3-9,11,23H,10H2,1-2H3;1-2H,(H,5,6)(H,7,8). The van der Waals surface area contributed by atoms with E-state index in [9.17, 15) is 22.4 Å². The number of nitrogens with zero attached hydrogens (tertiary/aromatic N) is 4. The maximum absolute atomic E-state index is 15.2. The maximum atomic E-state index is 15.2. The normalized spacial score (nSPS) is 11.3. The third kappa shape index (κ3) is 6.77. The minimum atomic E-state index is -4.31. The van der Waals surface area contributed by atoms with Crippen LogP contribution in [-0.4, -0.2) is 56.8 Å². The molecule has 1 aromatic carbocycles. The van der Waals surface area contributed by atoms with Crippen LogP contribution in [0.25, 0.3) is 22.7 Å². The minimum absolute atomic E-state index is 0.0462. The maximum Gasteiger partial charge on any atom is 0.328 e. The van der Waals surface area contributed by atoms with Gasteiger partial charge in [0, 0.05) is 49.1 Å². The first-order chi connectivity index (χ1) is 18.4. The third-order valence-corrected chi connectivity index (χ3v) is 6.55. The Morgan fingerprint density at radius 3 is 2.36 bits per heavy atom. The molecule has 0 unspecified atom stereocenters. The predicted octanol–water partition coefficient (Wildman–Crippen LogP) is 2.85. The van der Waals surface area contributed by atoms with E-state index in [0.717, 1.165) is 10.2 Å². The molecule has 39 heavy (non-hydrogen) atoms. The van der Waals surface area contributed by atoms with Gasteiger partial charge in [-0.15, -0.1) is 10.2 Å². The third-order valence-electron chi connectivity index (χ3n) is 4.90. The minimum Gasteiger partial charge on any atom is -0.478 e. The van der Waals surface area contributed by atoms with Gasteiger partial charge in [0.2, 0.25) is 17.7 Å². The van der Waals surface area contributed by atoms with Crippen LogP contribution in [0.15, 0.2) is 70.3 Å². The number of carboxylic acid groups (broad SMARTS) is 2. The lowest BCUT2D eigenvalue weighted by molar-refractivity contribution is -0.134. The summed E-state index contributed by atoms with van der Waals surface area (Å²) in [6, 6.07) is 8.46. The predicted molar refractivity (Wildman–Crippen MR) is 132 cm³/mol. The van der Waals surface area contributed by atoms with Gasteiger partial charge in [-0.2, -0.15) is 4.39 Å². The van der Waals surface area contributed by atoms with Crippen LogP contribution in [-0.2, 0) is 26.2 Å². The molecule has 0 saturated heterocycles. The summed E-state index contributed by atoms with van der Waals surface area (Å²) in [5.41, 5.74) is -0.267. The van der Waals surface area contributed by atoms with Crippen molar-refractivity contribution in [2.24, 2.45) is 0 Å². The van der Waals surface area contributed by atoms with Gasteiger partial charge in [-0.3, -0.25) is 0 Å². The highest BCUT2D eigenvalue weighted by molar-refractivity contribution is 7.90. The van der Waals surface area contributed by atoms with E-state index in [2.05, 4.69) is 20.5 Å². The molecule has 4 aromatic rings. The van der Waals surface area contributed by atoms with Gasteiger partial charge in [-0.25, -0.2) is 31.4 Å². The van der Waals surface area contributed by atoms with E-state index in [1.54, 1.807) is 20.0 Å². The Morgan fingerprint density at radius 1 is 1.10 bits per heavy atom. The first-order valence-corrected chi connectivity index (χ1v) is 12.3. The van der Waals surface area contributed by atoms with Crippen molar-refractivity contribution in [2.45, 2.75) is 18.4 Å². The summed E-state index contributed by atoms with van der Waals surface area (Å²) < 4.78 is 62.6. The summed E-state index contributed by atoms with van der Waals surface area (Å²) in [5, 5.41) is 26.0. The van der Waals surface area contributed by atoms with Crippen molar-refractivity contribution in [3.63, 3.8) is 0 Å². The monoisotopic (exact) mass is 561 g/mol. The van der Waals surface area contributed by atoms with Gasteiger partial charge >= 0.3 is 11.9 Å². The molecule has 0 spiro atoms. The van der Waals surface area contributed by atoms with Crippen molar-refractivity contribution in [1.82, 2.24) is 24.5 Å². The lowest BCUT2D eigenvalue weighted by atomic mass is 10.2. The molecule has 4 rings (SSSR count). The van der Waals surface area contributed by atoms with Crippen LogP contribution < -0.4 is 5.32 Å². The number of carboxylic acids is 2. The molecule has 0 saturated carbocycles. The van der Waals surface area contributed by atoms with Crippen molar-refractivity contribution < 1.29 is 41.4 Å². The van der Waals surface area contributed by atoms with Crippen LogP contribution >= 0.6 is 0 Å². The summed E-state index contributed by atoms with van der Waals surface area (Å²) in [5.74, 6) is -3.89. The number of aryl methyl sites for hydroxylation is 1. The van der Waals surface area contributed by atoms with E-state index >= 15 is 4.39 Å². The zero-order valence-corrected chi connectivity index (χ0v) is 21.2. The molecular formula is C24H21F2N5O7S.